The molecule has 1 saturated heterocycles. The van der Waals surface area contributed by atoms with E-state index < -0.39 is 0 Å². The van der Waals surface area contributed by atoms with Crippen molar-refractivity contribution in [3.63, 3.8) is 0 Å². The number of nitrogens with one attached hydrogen (secondary N) is 1. The van der Waals surface area contributed by atoms with Gasteiger partial charge in [-0.25, -0.2) is 9.97 Å². The minimum absolute atomic E-state index is 0.0503. The van der Waals surface area contributed by atoms with Gasteiger partial charge in [0.05, 0.1) is 6.10 Å². The molecule has 1 fully saturated rings. The molecule has 0 aromatic carbocycles. The Morgan fingerprint density at radius 2 is 2.19 bits per heavy atom. The van der Waals surface area contributed by atoms with Crippen LogP contribution in [0.25, 0.3) is 0 Å². The van der Waals surface area contributed by atoms with Crippen LogP contribution in [0, 0.1) is 6.92 Å². The van der Waals surface area contributed by atoms with Crippen molar-refractivity contribution in [1.29, 1.82) is 0 Å². The molecule has 1 atom stereocenters. The van der Waals surface area contributed by atoms with Crippen LogP contribution in [0.1, 0.15) is 42.9 Å². The van der Waals surface area contributed by atoms with E-state index in [2.05, 4.69) is 15.3 Å². The standard InChI is InChI=1S/C15H24N4O2/c1-4-19(5-2)14(20)13-9-11(3)17-15(18-13)16-10-12-7-6-8-21-12/h9,12H,4-8,10H2,1-3H3,(H,16,17,18). The van der Waals surface area contributed by atoms with Gasteiger partial charge in [0.25, 0.3) is 5.91 Å². The van der Waals surface area contributed by atoms with E-state index in [4.69, 9.17) is 4.74 Å². The Bertz CT molecular complexity index is 483. The van der Waals surface area contributed by atoms with Gasteiger partial charge in [0.15, 0.2) is 0 Å². The number of amides is 1. The second kappa shape index (κ2) is 7.36. The lowest BCUT2D eigenvalue weighted by Gasteiger charge is -2.18. The fourth-order valence-electron chi connectivity index (χ4n) is 2.44. The van der Waals surface area contributed by atoms with E-state index in [1.165, 1.54) is 0 Å². The molecule has 1 N–H and O–H groups in total. The number of aromatic nitrogens is 2. The van der Waals surface area contributed by atoms with Gasteiger partial charge in [0.1, 0.15) is 5.69 Å². The molecule has 1 unspecified atom stereocenters. The normalized spacial score (nSPS) is 17.8. The third-order valence-electron chi connectivity index (χ3n) is 3.64. The average molecular weight is 292 g/mol. The lowest BCUT2D eigenvalue weighted by atomic mass is 10.2. The molecule has 1 aromatic rings. The molecule has 1 aliphatic rings. The Hall–Kier alpha value is -1.69. The number of hydrogen-bond donors (Lipinski definition) is 1. The predicted octanol–water partition coefficient (Wildman–Crippen LogP) is 1.86. The SMILES string of the molecule is CCN(CC)C(=O)c1cc(C)nc(NCC2CCCO2)n1. The van der Waals surface area contributed by atoms with Crippen molar-refractivity contribution in [2.24, 2.45) is 0 Å². The topological polar surface area (TPSA) is 67.4 Å². The Kier molecular flexibility index (Phi) is 5.50. The molecule has 0 saturated carbocycles. The first kappa shape index (κ1) is 15.7. The smallest absolute Gasteiger partial charge is 0.272 e. The number of anilines is 1. The minimum Gasteiger partial charge on any atom is -0.376 e. The van der Waals surface area contributed by atoms with Gasteiger partial charge in [-0.15, -0.1) is 0 Å². The summed E-state index contributed by atoms with van der Waals surface area (Å²) in [5, 5.41) is 3.18. The molecule has 0 aliphatic carbocycles. The summed E-state index contributed by atoms with van der Waals surface area (Å²) < 4.78 is 5.56. The number of aryl methyl sites for hydroxylation is 1. The van der Waals surface area contributed by atoms with Crippen LogP contribution in [0.15, 0.2) is 6.07 Å². The van der Waals surface area contributed by atoms with Crippen molar-refractivity contribution in [1.82, 2.24) is 14.9 Å². The molecule has 1 aliphatic heterocycles. The Morgan fingerprint density at radius 1 is 1.43 bits per heavy atom. The minimum atomic E-state index is -0.0503. The Labute approximate surface area is 125 Å². The summed E-state index contributed by atoms with van der Waals surface area (Å²) in [4.78, 5) is 22.8. The molecular formula is C15H24N4O2. The van der Waals surface area contributed by atoms with Crippen LogP contribution >= 0.6 is 0 Å². The number of nitrogens with zero attached hydrogens (tertiary/aromatic N) is 3. The fourth-order valence-corrected chi connectivity index (χ4v) is 2.44. The molecule has 6 nitrogen and oxygen atoms in total. The van der Waals surface area contributed by atoms with E-state index in [1.807, 2.05) is 20.8 Å². The molecule has 6 heteroatoms. The highest BCUT2D eigenvalue weighted by molar-refractivity contribution is 5.92. The van der Waals surface area contributed by atoms with E-state index in [1.54, 1.807) is 11.0 Å². The van der Waals surface area contributed by atoms with Crippen molar-refractivity contribution < 1.29 is 9.53 Å². The number of hydrogen-bond acceptors (Lipinski definition) is 5. The van der Waals surface area contributed by atoms with Crippen LogP contribution in [0.4, 0.5) is 5.95 Å². The van der Waals surface area contributed by atoms with Gasteiger partial charge in [-0.3, -0.25) is 4.79 Å². The van der Waals surface area contributed by atoms with Gasteiger partial charge >= 0.3 is 0 Å². The lowest BCUT2D eigenvalue weighted by Crippen LogP contribution is -2.31. The molecule has 2 heterocycles. The zero-order valence-electron chi connectivity index (χ0n) is 13.1. The van der Waals surface area contributed by atoms with Crippen molar-refractivity contribution in [3.05, 3.63) is 17.5 Å². The van der Waals surface area contributed by atoms with Crippen LogP contribution in [0.5, 0.6) is 0 Å². The first-order valence-corrected chi connectivity index (χ1v) is 7.64. The summed E-state index contributed by atoms with van der Waals surface area (Å²) in [6, 6.07) is 1.73. The highest BCUT2D eigenvalue weighted by atomic mass is 16.5. The largest absolute Gasteiger partial charge is 0.376 e. The number of carbonyl (C=O) groups is 1. The van der Waals surface area contributed by atoms with Gasteiger partial charge in [-0.05, 0) is 39.7 Å². The summed E-state index contributed by atoms with van der Waals surface area (Å²) in [5.74, 6) is 0.451. The van der Waals surface area contributed by atoms with Gasteiger partial charge in [0.2, 0.25) is 5.95 Å². The number of ether oxygens (including phenoxy) is 1. The van der Waals surface area contributed by atoms with Crippen molar-refractivity contribution in [2.75, 3.05) is 31.6 Å². The molecule has 0 spiro atoms. The molecule has 1 aromatic heterocycles. The zero-order valence-corrected chi connectivity index (χ0v) is 13.1. The second-order valence-corrected chi connectivity index (χ2v) is 5.21. The van der Waals surface area contributed by atoms with Crippen molar-refractivity contribution >= 4 is 11.9 Å². The monoisotopic (exact) mass is 292 g/mol. The molecular weight excluding hydrogens is 268 g/mol. The Morgan fingerprint density at radius 3 is 2.81 bits per heavy atom. The van der Waals surface area contributed by atoms with E-state index in [0.717, 1.165) is 25.1 Å². The zero-order chi connectivity index (χ0) is 15.2. The van der Waals surface area contributed by atoms with E-state index >= 15 is 0 Å². The predicted molar refractivity (Wildman–Crippen MR) is 81.5 cm³/mol. The van der Waals surface area contributed by atoms with Crippen LogP contribution in [0.2, 0.25) is 0 Å². The van der Waals surface area contributed by atoms with Gasteiger partial charge in [-0.2, -0.15) is 0 Å². The summed E-state index contributed by atoms with van der Waals surface area (Å²) >= 11 is 0. The summed E-state index contributed by atoms with van der Waals surface area (Å²) in [7, 11) is 0. The highest BCUT2D eigenvalue weighted by Gasteiger charge is 2.18. The Balaban J connectivity index is 2.07. The first-order valence-electron chi connectivity index (χ1n) is 7.64. The summed E-state index contributed by atoms with van der Waals surface area (Å²) in [5.41, 5.74) is 1.23. The molecule has 0 radical (unpaired) electrons. The summed E-state index contributed by atoms with van der Waals surface area (Å²) in [6.45, 7) is 8.67. The van der Waals surface area contributed by atoms with E-state index in [9.17, 15) is 4.79 Å². The van der Waals surface area contributed by atoms with E-state index in [0.29, 0.717) is 31.3 Å². The van der Waals surface area contributed by atoms with Crippen LogP contribution in [-0.4, -0.2) is 53.1 Å². The second-order valence-electron chi connectivity index (χ2n) is 5.21. The number of carbonyl (C=O) groups excluding carboxylic acids is 1. The maximum atomic E-state index is 12.4. The quantitative estimate of drug-likeness (QED) is 0.867. The van der Waals surface area contributed by atoms with Crippen molar-refractivity contribution in [3.8, 4) is 0 Å². The molecule has 116 valence electrons. The van der Waals surface area contributed by atoms with E-state index in [-0.39, 0.29) is 12.0 Å². The first-order chi connectivity index (χ1) is 10.1. The van der Waals surface area contributed by atoms with Crippen LogP contribution < -0.4 is 5.32 Å². The lowest BCUT2D eigenvalue weighted by molar-refractivity contribution is 0.0767. The third-order valence-corrected chi connectivity index (χ3v) is 3.64. The van der Waals surface area contributed by atoms with Gasteiger partial charge in [-0.1, -0.05) is 0 Å². The molecule has 2 rings (SSSR count). The van der Waals surface area contributed by atoms with Gasteiger partial charge < -0.3 is 15.0 Å². The highest BCUT2D eigenvalue weighted by Crippen LogP contribution is 2.13. The van der Waals surface area contributed by atoms with Crippen LogP contribution in [0.3, 0.4) is 0 Å². The molecule has 1 amide bonds. The maximum Gasteiger partial charge on any atom is 0.272 e. The fraction of sp³-hybridized carbons (Fsp3) is 0.667. The average Bonchev–Trinajstić information content (AvgIpc) is 2.99. The maximum absolute atomic E-state index is 12.4. The van der Waals surface area contributed by atoms with Crippen LogP contribution in [-0.2, 0) is 4.74 Å². The summed E-state index contributed by atoms with van der Waals surface area (Å²) in [6.07, 6.45) is 2.38. The molecule has 0 bridgehead atoms. The van der Waals surface area contributed by atoms with Crippen molar-refractivity contribution in [2.45, 2.75) is 39.7 Å². The molecule has 21 heavy (non-hydrogen) atoms. The third kappa shape index (κ3) is 4.14. The van der Waals surface area contributed by atoms with Gasteiger partial charge in [0, 0.05) is 31.9 Å². The number of rotatable bonds is 6.